The van der Waals surface area contributed by atoms with Crippen LogP contribution in [-0.2, 0) is 20.7 Å². The largest absolute Gasteiger partial charge is 0.481 e. The number of carboxylic acid groups (broad SMARTS) is 1. The molecule has 0 fully saturated rings. The van der Waals surface area contributed by atoms with E-state index in [2.05, 4.69) is 12.2 Å². The van der Waals surface area contributed by atoms with Crippen molar-refractivity contribution in [1.29, 1.82) is 0 Å². The number of carbonyl (C=O) groups excluding carboxylic acids is 2. The molecule has 0 radical (unpaired) electrons. The van der Waals surface area contributed by atoms with E-state index < -0.39 is 23.9 Å². The highest BCUT2D eigenvalue weighted by Gasteiger charge is 2.35. The molecule has 2 N–H and O–H groups in total. The van der Waals surface area contributed by atoms with Crippen molar-refractivity contribution >= 4 is 23.7 Å². The van der Waals surface area contributed by atoms with Gasteiger partial charge in [0.25, 0.3) is 0 Å². The zero-order valence-electron chi connectivity index (χ0n) is 16.6. The van der Waals surface area contributed by atoms with Crippen LogP contribution in [0.3, 0.4) is 0 Å². The number of aliphatic carboxylic acids is 1. The Balaban J connectivity index is 2.18. The van der Waals surface area contributed by atoms with Crippen molar-refractivity contribution in [1.82, 2.24) is 5.32 Å². The number of fused-ring (bicyclic) bond motifs is 1. The van der Waals surface area contributed by atoms with E-state index in [-0.39, 0.29) is 19.2 Å². The summed E-state index contributed by atoms with van der Waals surface area (Å²) in [6, 6.07) is 7.09. The average molecular weight is 390 g/mol. The quantitative estimate of drug-likeness (QED) is 0.498. The fourth-order valence-corrected chi connectivity index (χ4v) is 3.56. The lowest BCUT2D eigenvalue weighted by Gasteiger charge is -2.36. The maximum atomic E-state index is 13.1. The average Bonchev–Trinajstić information content (AvgIpc) is 2.66. The van der Waals surface area contributed by atoms with Crippen molar-refractivity contribution in [2.24, 2.45) is 5.92 Å². The topological polar surface area (TPSA) is 95.9 Å². The second-order valence-corrected chi connectivity index (χ2v) is 7.08. The molecule has 1 aromatic carbocycles. The van der Waals surface area contributed by atoms with Gasteiger partial charge in [-0.15, -0.1) is 0 Å². The van der Waals surface area contributed by atoms with Crippen molar-refractivity contribution in [3.05, 3.63) is 29.8 Å². The molecule has 1 aliphatic rings. The van der Waals surface area contributed by atoms with Gasteiger partial charge in [0.1, 0.15) is 5.92 Å². The van der Waals surface area contributed by atoms with E-state index in [0.29, 0.717) is 24.9 Å². The van der Waals surface area contributed by atoms with Crippen LogP contribution in [0, 0.1) is 5.92 Å². The summed E-state index contributed by atoms with van der Waals surface area (Å²) < 4.78 is 4.94. The molecule has 0 spiro atoms. The van der Waals surface area contributed by atoms with E-state index in [1.807, 2.05) is 24.3 Å². The van der Waals surface area contributed by atoms with Gasteiger partial charge in [0.2, 0.25) is 5.91 Å². The molecular formula is C21H30N2O5. The predicted octanol–water partition coefficient (Wildman–Crippen LogP) is 3.36. The fraction of sp³-hybridized carbons (Fsp3) is 0.571. The lowest BCUT2D eigenvalue weighted by molar-refractivity contribution is -0.146. The second-order valence-electron chi connectivity index (χ2n) is 7.08. The minimum atomic E-state index is -1.10. The lowest BCUT2D eigenvalue weighted by Crippen LogP contribution is -2.52. The highest BCUT2D eigenvalue weighted by atomic mass is 16.5. The van der Waals surface area contributed by atoms with Crippen LogP contribution in [0.25, 0.3) is 0 Å². The predicted molar refractivity (Wildman–Crippen MR) is 106 cm³/mol. The smallest absolute Gasteiger partial charge is 0.407 e. The first-order valence-electron chi connectivity index (χ1n) is 10.0. The number of hydrogen-bond donors (Lipinski definition) is 2. The molecule has 0 saturated carbocycles. The summed E-state index contributed by atoms with van der Waals surface area (Å²) >= 11 is 0. The third kappa shape index (κ3) is 5.71. The molecule has 1 heterocycles. The number of unbranched alkanes of at least 4 members (excludes halogenated alkanes) is 3. The summed E-state index contributed by atoms with van der Waals surface area (Å²) in [5, 5.41) is 12.4. The number of hydrogen-bond acceptors (Lipinski definition) is 4. The molecule has 154 valence electrons. The highest BCUT2D eigenvalue weighted by Crippen LogP contribution is 2.29. The van der Waals surface area contributed by atoms with E-state index in [9.17, 15) is 19.5 Å². The SMILES string of the molecule is CCCCCCC(C(=O)O)C(=O)N1CC(NC(=O)OCC)Cc2ccccc21. The van der Waals surface area contributed by atoms with Gasteiger partial charge in [0.15, 0.2) is 0 Å². The summed E-state index contributed by atoms with van der Waals surface area (Å²) in [7, 11) is 0. The molecule has 7 heteroatoms. The van der Waals surface area contributed by atoms with E-state index in [1.165, 1.54) is 4.90 Å². The molecule has 1 aliphatic heterocycles. The Kier molecular flexibility index (Phi) is 8.29. The summed E-state index contributed by atoms with van der Waals surface area (Å²) in [6.07, 6.45) is 4.04. The van der Waals surface area contributed by atoms with Gasteiger partial charge in [-0.2, -0.15) is 0 Å². The van der Waals surface area contributed by atoms with Crippen molar-refractivity contribution < 1.29 is 24.2 Å². The maximum absolute atomic E-state index is 13.1. The Labute approximate surface area is 166 Å². The summed E-state index contributed by atoms with van der Waals surface area (Å²) in [6.45, 7) is 4.30. The van der Waals surface area contributed by atoms with E-state index in [1.54, 1.807) is 6.92 Å². The van der Waals surface area contributed by atoms with Crippen LogP contribution in [0.4, 0.5) is 10.5 Å². The maximum Gasteiger partial charge on any atom is 0.407 e. The van der Waals surface area contributed by atoms with Gasteiger partial charge in [-0.1, -0.05) is 50.8 Å². The molecule has 7 nitrogen and oxygen atoms in total. The van der Waals surface area contributed by atoms with Crippen LogP contribution in [0.2, 0.25) is 0 Å². The number of ether oxygens (including phenoxy) is 1. The Bertz CT molecular complexity index is 691. The first kappa shape index (κ1) is 21.7. The van der Waals surface area contributed by atoms with Gasteiger partial charge in [-0.3, -0.25) is 9.59 Å². The number of anilines is 1. The summed E-state index contributed by atoms with van der Waals surface area (Å²) in [5.74, 6) is -2.60. The molecule has 0 aromatic heterocycles. The molecule has 1 aromatic rings. The molecule has 0 bridgehead atoms. The van der Waals surface area contributed by atoms with E-state index in [4.69, 9.17) is 4.74 Å². The molecule has 2 amide bonds. The Morgan fingerprint density at radius 3 is 2.64 bits per heavy atom. The summed E-state index contributed by atoms with van der Waals surface area (Å²) in [5.41, 5.74) is 1.62. The van der Waals surface area contributed by atoms with E-state index >= 15 is 0 Å². The standard InChI is InChI=1S/C21H30N2O5/c1-3-5-6-7-11-17(20(25)26)19(24)23-14-16(22-21(27)28-4-2)13-15-10-8-9-12-18(15)23/h8-10,12,16-17H,3-7,11,13-14H2,1-2H3,(H,22,27)(H,25,26). The van der Waals surface area contributed by atoms with Crippen molar-refractivity contribution in [3.8, 4) is 0 Å². The monoisotopic (exact) mass is 390 g/mol. The first-order valence-corrected chi connectivity index (χ1v) is 10.0. The number of benzene rings is 1. The number of nitrogens with zero attached hydrogens (tertiary/aromatic N) is 1. The number of para-hydroxylation sites is 1. The fourth-order valence-electron chi connectivity index (χ4n) is 3.56. The summed E-state index contributed by atoms with van der Waals surface area (Å²) in [4.78, 5) is 38.2. The third-order valence-electron chi connectivity index (χ3n) is 4.96. The Morgan fingerprint density at radius 2 is 1.96 bits per heavy atom. The molecular weight excluding hydrogens is 360 g/mol. The van der Waals surface area contributed by atoms with Gasteiger partial charge in [-0.05, 0) is 31.4 Å². The van der Waals surface area contributed by atoms with Gasteiger partial charge in [-0.25, -0.2) is 4.79 Å². The molecule has 2 unspecified atom stereocenters. The molecule has 28 heavy (non-hydrogen) atoms. The third-order valence-corrected chi connectivity index (χ3v) is 4.96. The zero-order chi connectivity index (χ0) is 20.5. The van der Waals surface area contributed by atoms with Crippen LogP contribution < -0.4 is 10.2 Å². The second kappa shape index (κ2) is 10.7. The lowest BCUT2D eigenvalue weighted by atomic mass is 9.94. The van der Waals surface area contributed by atoms with Crippen LogP contribution in [-0.4, -0.2) is 42.3 Å². The van der Waals surface area contributed by atoms with Gasteiger partial charge in [0, 0.05) is 12.2 Å². The van der Waals surface area contributed by atoms with Crippen LogP contribution in [0.15, 0.2) is 24.3 Å². The minimum absolute atomic E-state index is 0.230. The minimum Gasteiger partial charge on any atom is -0.481 e. The zero-order valence-corrected chi connectivity index (χ0v) is 16.6. The van der Waals surface area contributed by atoms with Crippen LogP contribution in [0.1, 0.15) is 51.5 Å². The first-order chi connectivity index (χ1) is 13.5. The van der Waals surface area contributed by atoms with Crippen LogP contribution in [0.5, 0.6) is 0 Å². The molecule has 0 saturated heterocycles. The molecule has 2 rings (SSSR count). The Morgan fingerprint density at radius 1 is 1.21 bits per heavy atom. The number of nitrogens with one attached hydrogen (secondary N) is 1. The van der Waals surface area contributed by atoms with Crippen molar-refractivity contribution in [2.45, 2.75) is 58.4 Å². The Hall–Kier alpha value is -2.57. The van der Waals surface area contributed by atoms with Crippen molar-refractivity contribution in [2.75, 3.05) is 18.1 Å². The van der Waals surface area contributed by atoms with Crippen LogP contribution >= 0.6 is 0 Å². The normalized spacial score (nSPS) is 16.8. The number of carbonyl (C=O) groups is 3. The van der Waals surface area contributed by atoms with Crippen molar-refractivity contribution in [3.63, 3.8) is 0 Å². The number of carboxylic acids is 1. The van der Waals surface area contributed by atoms with Gasteiger partial charge >= 0.3 is 12.1 Å². The number of rotatable bonds is 9. The van der Waals surface area contributed by atoms with Gasteiger partial charge < -0.3 is 20.1 Å². The van der Waals surface area contributed by atoms with Gasteiger partial charge in [0.05, 0.1) is 12.6 Å². The molecule has 0 aliphatic carbocycles. The number of alkyl carbamates (subject to hydrolysis) is 1. The number of amides is 2. The molecule has 2 atom stereocenters. The van der Waals surface area contributed by atoms with E-state index in [0.717, 1.165) is 24.8 Å². The highest BCUT2D eigenvalue weighted by molar-refractivity contribution is 6.06.